The monoisotopic (exact) mass is 499 g/mol. The highest BCUT2D eigenvalue weighted by Gasteiger charge is 2.18. The highest BCUT2D eigenvalue weighted by molar-refractivity contribution is 5.98. The van der Waals surface area contributed by atoms with Crippen LogP contribution in [-0.2, 0) is 6.42 Å². The van der Waals surface area contributed by atoms with Gasteiger partial charge in [-0.15, -0.1) is 0 Å². The van der Waals surface area contributed by atoms with E-state index in [9.17, 15) is 14.3 Å². The zero-order valence-electron chi connectivity index (χ0n) is 20.7. The molecular formula is C31H30FNO4. The number of para-hydroxylation sites is 2. The first-order valence-electron chi connectivity index (χ1n) is 12.2. The van der Waals surface area contributed by atoms with Crippen molar-refractivity contribution in [2.24, 2.45) is 0 Å². The molecule has 0 bridgehead atoms. The van der Waals surface area contributed by atoms with Crippen molar-refractivity contribution in [3.05, 3.63) is 120 Å². The number of benzene rings is 4. The van der Waals surface area contributed by atoms with E-state index in [0.29, 0.717) is 17.7 Å². The highest BCUT2D eigenvalue weighted by atomic mass is 19.1. The third-order valence-corrected chi connectivity index (χ3v) is 6.00. The minimum absolute atomic E-state index is 0.00948. The van der Waals surface area contributed by atoms with Crippen LogP contribution < -0.4 is 14.4 Å². The van der Waals surface area contributed by atoms with E-state index in [-0.39, 0.29) is 31.2 Å². The van der Waals surface area contributed by atoms with Gasteiger partial charge in [-0.3, -0.25) is 4.79 Å². The smallest absolute Gasteiger partial charge is 0.166 e. The van der Waals surface area contributed by atoms with E-state index in [1.165, 1.54) is 12.1 Å². The number of carbonyl (C=O) groups is 1. The molecule has 0 aliphatic rings. The Balaban J connectivity index is 1.42. The van der Waals surface area contributed by atoms with Crippen LogP contribution in [-0.4, -0.2) is 37.3 Å². The summed E-state index contributed by atoms with van der Waals surface area (Å²) in [5.74, 6) is 0.775. The van der Waals surface area contributed by atoms with Crippen LogP contribution in [0.4, 0.5) is 15.8 Å². The molecule has 1 N–H and O–H groups in total. The number of rotatable bonds is 12. The van der Waals surface area contributed by atoms with Gasteiger partial charge in [0.25, 0.3) is 0 Å². The molecule has 0 saturated heterocycles. The van der Waals surface area contributed by atoms with Gasteiger partial charge in [0.15, 0.2) is 5.78 Å². The maximum Gasteiger partial charge on any atom is 0.166 e. The van der Waals surface area contributed by atoms with Gasteiger partial charge in [-0.25, -0.2) is 4.39 Å². The first-order valence-corrected chi connectivity index (χ1v) is 12.2. The molecule has 4 rings (SSSR count). The molecule has 190 valence electrons. The number of anilines is 2. The first-order chi connectivity index (χ1) is 18.0. The Hall–Kier alpha value is -4.16. The molecule has 0 radical (unpaired) electrons. The fourth-order valence-electron chi connectivity index (χ4n) is 4.06. The van der Waals surface area contributed by atoms with Crippen LogP contribution in [0.1, 0.15) is 22.3 Å². The molecular weight excluding hydrogens is 469 g/mol. The second-order valence-electron chi connectivity index (χ2n) is 8.66. The van der Waals surface area contributed by atoms with Crippen molar-refractivity contribution in [1.29, 1.82) is 0 Å². The number of methoxy groups -OCH3 is 1. The number of halogens is 1. The fraction of sp³-hybridized carbons (Fsp3) is 0.194. The summed E-state index contributed by atoms with van der Waals surface area (Å²) >= 11 is 0. The lowest BCUT2D eigenvalue weighted by Gasteiger charge is -2.28. The number of aliphatic hydroxyl groups excluding tert-OH is 1. The van der Waals surface area contributed by atoms with Gasteiger partial charge in [-0.1, -0.05) is 48.5 Å². The predicted octanol–water partition coefficient (Wildman–Crippen LogP) is 6.23. The van der Waals surface area contributed by atoms with Gasteiger partial charge in [0.2, 0.25) is 0 Å². The van der Waals surface area contributed by atoms with Crippen molar-refractivity contribution in [2.45, 2.75) is 18.9 Å². The molecule has 1 unspecified atom stereocenters. The number of aryl methyl sites for hydroxylation is 1. The lowest BCUT2D eigenvalue weighted by molar-refractivity contribution is 0.0961. The largest absolute Gasteiger partial charge is 0.497 e. The topological polar surface area (TPSA) is 59.0 Å². The number of ketones is 1. The summed E-state index contributed by atoms with van der Waals surface area (Å²) in [5.41, 5.74) is 3.15. The Morgan fingerprint density at radius 3 is 2.35 bits per heavy atom. The maximum absolute atomic E-state index is 13.1. The molecule has 0 aromatic heterocycles. The average Bonchev–Trinajstić information content (AvgIpc) is 2.95. The summed E-state index contributed by atoms with van der Waals surface area (Å²) in [5, 5.41) is 10.9. The maximum atomic E-state index is 13.1. The summed E-state index contributed by atoms with van der Waals surface area (Å²) in [6.45, 7) is 0.285. The molecule has 5 nitrogen and oxygen atoms in total. The first kappa shape index (κ1) is 25.9. The van der Waals surface area contributed by atoms with Gasteiger partial charge >= 0.3 is 0 Å². The molecule has 4 aromatic rings. The van der Waals surface area contributed by atoms with E-state index in [1.54, 1.807) is 43.5 Å². The van der Waals surface area contributed by atoms with Gasteiger partial charge in [-0.2, -0.15) is 0 Å². The van der Waals surface area contributed by atoms with E-state index in [2.05, 4.69) is 0 Å². The standard InChI is InChI=1S/C31H30FNO4/c1-36-28-11-7-10-26(20-28)33(25-8-3-2-4-9-25)21-27(34)22-37-31-13-6-5-12-29(31)30(35)19-16-23-14-17-24(32)18-15-23/h2-15,17-18,20,27,34H,16,19,21-22H2,1H3. The molecule has 0 amide bonds. The van der Waals surface area contributed by atoms with Crippen LogP contribution in [0.25, 0.3) is 0 Å². The van der Waals surface area contributed by atoms with Gasteiger partial charge in [0.1, 0.15) is 30.0 Å². The summed E-state index contributed by atoms with van der Waals surface area (Å²) < 4.78 is 24.5. The Kier molecular flexibility index (Phi) is 8.89. The lowest BCUT2D eigenvalue weighted by Crippen LogP contribution is -2.33. The average molecular weight is 500 g/mol. The Morgan fingerprint density at radius 2 is 1.59 bits per heavy atom. The predicted molar refractivity (Wildman–Crippen MR) is 143 cm³/mol. The van der Waals surface area contributed by atoms with Crippen molar-refractivity contribution in [3.63, 3.8) is 0 Å². The quantitative estimate of drug-likeness (QED) is 0.234. The van der Waals surface area contributed by atoms with Crippen LogP contribution in [0.3, 0.4) is 0 Å². The number of hydrogen-bond donors (Lipinski definition) is 1. The Labute approximate surface area is 216 Å². The third-order valence-electron chi connectivity index (χ3n) is 6.00. The van der Waals surface area contributed by atoms with Crippen LogP contribution in [0.15, 0.2) is 103 Å². The number of nitrogens with zero attached hydrogens (tertiary/aromatic N) is 1. The van der Waals surface area contributed by atoms with Crippen LogP contribution in [0.2, 0.25) is 0 Å². The molecule has 1 atom stereocenters. The minimum atomic E-state index is -0.839. The van der Waals surface area contributed by atoms with E-state index in [4.69, 9.17) is 9.47 Å². The molecule has 0 aliphatic carbocycles. The minimum Gasteiger partial charge on any atom is -0.497 e. The Morgan fingerprint density at radius 1 is 0.892 bits per heavy atom. The molecule has 4 aromatic carbocycles. The SMILES string of the molecule is COc1cccc(N(CC(O)COc2ccccc2C(=O)CCc2ccc(F)cc2)c2ccccc2)c1. The molecule has 37 heavy (non-hydrogen) atoms. The van der Waals surface area contributed by atoms with E-state index < -0.39 is 6.10 Å². The van der Waals surface area contributed by atoms with E-state index in [0.717, 1.165) is 22.7 Å². The summed E-state index contributed by atoms with van der Waals surface area (Å²) in [7, 11) is 1.62. The van der Waals surface area contributed by atoms with E-state index in [1.807, 2.05) is 59.5 Å². The van der Waals surface area contributed by atoms with Crippen molar-refractivity contribution < 1.29 is 23.8 Å². The number of hydrogen-bond acceptors (Lipinski definition) is 5. The molecule has 0 spiro atoms. The lowest BCUT2D eigenvalue weighted by atomic mass is 10.0. The second-order valence-corrected chi connectivity index (χ2v) is 8.66. The Bertz CT molecular complexity index is 1290. The van der Waals surface area contributed by atoms with Gasteiger partial charge in [0, 0.05) is 23.9 Å². The van der Waals surface area contributed by atoms with Crippen molar-refractivity contribution in [1.82, 2.24) is 0 Å². The highest BCUT2D eigenvalue weighted by Crippen LogP contribution is 2.29. The van der Waals surface area contributed by atoms with Gasteiger partial charge < -0.3 is 19.5 Å². The summed E-state index contributed by atoms with van der Waals surface area (Å²) in [4.78, 5) is 14.9. The normalized spacial score (nSPS) is 11.5. The molecule has 0 fully saturated rings. The van der Waals surface area contributed by atoms with Crippen LogP contribution in [0.5, 0.6) is 11.5 Å². The molecule has 0 heterocycles. The second kappa shape index (κ2) is 12.7. The number of ether oxygens (including phenoxy) is 2. The number of Topliss-reactive ketones (excluding diaryl/α,β-unsaturated/α-hetero) is 1. The van der Waals surface area contributed by atoms with Gasteiger partial charge in [0.05, 0.1) is 19.2 Å². The van der Waals surface area contributed by atoms with Crippen molar-refractivity contribution in [3.8, 4) is 11.5 Å². The third kappa shape index (κ3) is 7.18. The van der Waals surface area contributed by atoms with Crippen LogP contribution >= 0.6 is 0 Å². The van der Waals surface area contributed by atoms with Gasteiger partial charge in [-0.05, 0) is 60.5 Å². The van der Waals surface area contributed by atoms with Crippen molar-refractivity contribution >= 4 is 17.2 Å². The molecule has 0 saturated carbocycles. The zero-order chi connectivity index (χ0) is 26.0. The summed E-state index contributed by atoms with van der Waals surface area (Å²) in [6, 6.07) is 30.6. The molecule has 0 aliphatic heterocycles. The summed E-state index contributed by atoms with van der Waals surface area (Å²) in [6.07, 6.45) is -0.0664. The fourth-order valence-corrected chi connectivity index (χ4v) is 4.06. The number of carbonyl (C=O) groups excluding carboxylic acids is 1. The zero-order valence-corrected chi connectivity index (χ0v) is 20.7. The van der Waals surface area contributed by atoms with E-state index >= 15 is 0 Å². The number of aliphatic hydroxyl groups is 1. The van der Waals surface area contributed by atoms with Crippen molar-refractivity contribution in [2.75, 3.05) is 25.2 Å². The van der Waals surface area contributed by atoms with Crippen LogP contribution in [0, 0.1) is 5.82 Å². The molecule has 6 heteroatoms.